The number of anilines is 1. The third-order valence-corrected chi connectivity index (χ3v) is 3.96. The molecule has 0 saturated carbocycles. The second-order valence-corrected chi connectivity index (χ2v) is 5.86. The molecule has 2 aromatic rings. The van der Waals surface area contributed by atoms with Crippen LogP contribution in [0.4, 0.5) is 5.69 Å². The summed E-state index contributed by atoms with van der Waals surface area (Å²) in [6.07, 6.45) is 2.99. The van der Waals surface area contributed by atoms with Crippen molar-refractivity contribution in [3.05, 3.63) is 54.4 Å². The van der Waals surface area contributed by atoms with Crippen molar-refractivity contribution in [3.8, 4) is 0 Å². The van der Waals surface area contributed by atoms with Gasteiger partial charge >= 0.3 is 0 Å². The minimum atomic E-state index is -3.67. The Morgan fingerprint density at radius 2 is 2.05 bits per heavy atom. The second kappa shape index (κ2) is 5.33. The Balaban J connectivity index is 2.35. The summed E-state index contributed by atoms with van der Waals surface area (Å²) in [6, 6.07) is 9.41. The minimum Gasteiger partial charge on any atom is -0.389 e. The fourth-order valence-corrected chi connectivity index (χ4v) is 2.67. The molecule has 0 amide bonds. The first-order valence-electron chi connectivity index (χ1n) is 5.32. The lowest BCUT2D eigenvalue weighted by Gasteiger charge is -2.08. The fourth-order valence-electron chi connectivity index (χ4n) is 1.45. The Labute approximate surface area is 116 Å². The zero-order valence-electron chi connectivity index (χ0n) is 9.78. The van der Waals surface area contributed by atoms with Crippen molar-refractivity contribution in [3.63, 3.8) is 0 Å². The SMILES string of the molecule is NC(=S)c1cccc(S(=O)(=O)Nc2cccnc2)c1. The summed E-state index contributed by atoms with van der Waals surface area (Å²) >= 11 is 4.83. The van der Waals surface area contributed by atoms with E-state index in [1.54, 1.807) is 30.5 Å². The van der Waals surface area contributed by atoms with Crippen molar-refractivity contribution in [2.24, 2.45) is 5.73 Å². The van der Waals surface area contributed by atoms with E-state index in [0.717, 1.165) is 0 Å². The van der Waals surface area contributed by atoms with Gasteiger partial charge in [0.1, 0.15) is 4.99 Å². The van der Waals surface area contributed by atoms with Crippen LogP contribution < -0.4 is 10.5 Å². The Morgan fingerprint density at radius 1 is 1.26 bits per heavy atom. The molecule has 98 valence electrons. The van der Waals surface area contributed by atoms with E-state index >= 15 is 0 Å². The minimum absolute atomic E-state index is 0.0988. The molecule has 2 rings (SSSR count). The van der Waals surface area contributed by atoms with Crippen LogP contribution in [0.25, 0.3) is 0 Å². The number of hydrogen-bond acceptors (Lipinski definition) is 4. The number of nitrogens with one attached hydrogen (secondary N) is 1. The van der Waals surface area contributed by atoms with Crippen LogP contribution in [0, 0.1) is 0 Å². The summed E-state index contributed by atoms with van der Waals surface area (Å²) in [5.74, 6) is 0. The van der Waals surface area contributed by atoms with Crippen LogP contribution in [-0.4, -0.2) is 18.4 Å². The molecule has 1 aromatic carbocycles. The highest BCUT2D eigenvalue weighted by atomic mass is 32.2. The molecular weight excluding hydrogens is 282 g/mol. The molecule has 0 radical (unpaired) electrons. The topological polar surface area (TPSA) is 85.1 Å². The van der Waals surface area contributed by atoms with Crippen molar-refractivity contribution in [1.82, 2.24) is 4.98 Å². The molecule has 0 atom stereocenters. The zero-order chi connectivity index (χ0) is 13.9. The molecule has 19 heavy (non-hydrogen) atoms. The molecule has 0 saturated heterocycles. The molecule has 0 aliphatic rings. The van der Waals surface area contributed by atoms with Crippen LogP contribution in [0.3, 0.4) is 0 Å². The van der Waals surface area contributed by atoms with Crippen LogP contribution in [0.5, 0.6) is 0 Å². The number of hydrogen-bond donors (Lipinski definition) is 2. The predicted octanol–water partition coefficient (Wildman–Crippen LogP) is 1.52. The van der Waals surface area contributed by atoms with Gasteiger partial charge in [-0.05, 0) is 24.3 Å². The van der Waals surface area contributed by atoms with E-state index in [1.807, 2.05) is 0 Å². The molecule has 0 spiro atoms. The van der Waals surface area contributed by atoms with Gasteiger partial charge in [0, 0.05) is 11.8 Å². The summed E-state index contributed by atoms with van der Waals surface area (Å²) in [7, 11) is -3.67. The van der Waals surface area contributed by atoms with Gasteiger partial charge in [-0.15, -0.1) is 0 Å². The number of thiocarbonyl (C=S) groups is 1. The Kier molecular flexibility index (Phi) is 3.77. The fraction of sp³-hybridized carbons (Fsp3) is 0. The predicted molar refractivity (Wildman–Crippen MR) is 77.4 cm³/mol. The summed E-state index contributed by atoms with van der Waals surface area (Å²) in [5, 5.41) is 0. The average Bonchev–Trinajstić information content (AvgIpc) is 2.39. The van der Waals surface area contributed by atoms with Gasteiger partial charge in [0.25, 0.3) is 10.0 Å². The lowest BCUT2D eigenvalue weighted by atomic mass is 10.2. The number of sulfonamides is 1. The van der Waals surface area contributed by atoms with Crippen LogP contribution in [0.15, 0.2) is 53.7 Å². The van der Waals surface area contributed by atoms with Crippen LogP contribution in [0.2, 0.25) is 0 Å². The lowest BCUT2D eigenvalue weighted by molar-refractivity contribution is 0.601. The molecule has 0 aliphatic carbocycles. The lowest BCUT2D eigenvalue weighted by Crippen LogP contribution is -2.15. The van der Waals surface area contributed by atoms with E-state index in [2.05, 4.69) is 9.71 Å². The quantitative estimate of drug-likeness (QED) is 0.835. The van der Waals surface area contributed by atoms with Crippen molar-refractivity contribution >= 4 is 32.9 Å². The summed E-state index contributed by atoms with van der Waals surface area (Å²) < 4.78 is 26.7. The molecule has 3 N–H and O–H groups in total. The smallest absolute Gasteiger partial charge is 0.261 e. The highest BCUT2D eigenvalue weighted by Gasteiger charge is 2.15. The van der Waals surface area contributed by atoms with Crippen molar-refractivity contribution in [2.45, 2.75) is 4.90 Å². The Hall–Kier alpha value is -1.99. The highest BCUT2D eigenvalue weighted by molar-refractivity contribution is 7.92. The summed E-state index contributed by atoms with van der Waals surface area (Å²) in [4.78, 5) is 4.09. The van der Waals surface area contributed by atoms with Gasteiger partial charge in [0.15, 0.2) is 0 Å². The van der Waals surface area contributed by atoms with Crippen molar-refractivity contribution in [1.29, 1.82) is 0 Å². The van der Waals surface area contributed by atoms with E-state index in [1.165, 1.54) is 18.3 Å². The van der Waals surface area contributed by atoms with Gasteiger partial charge in [-0.2, -0.15) is 0 Å². The molecular formula is C12H11N3O2S2. The van der Waals surface area contributed by atoms with E-state index in [-0.39, 0.29) is 9.88 Å². The van der Waals surface area contributed by atoms with Crippen molar-refractivity contribution < 1.29 is 8.42 Å². The van der Waals surface area contributed by atoms with E-state index in [4.69, 9.17) is 18.0 Å². The maximum atomic E-state index is 12.2. The number of nitrogens with two attached hydrogens (primary N) is 1. The van der Waals surface area contributed by atoms with E-state index in [9.17, 15) is 8.42 Å². The van der Waals surface area contributed by atoms with Crippen LogP contribution >= 0.6 is 12.2 Å². The Bertz CT molecular complexity index is 700. The third-order valence-electron chi connectivity index (χ3n) is 2.34. The zero-order valence-corrected chi connectivity index (χ0v) is 11.4. The standard InChI is InChI=1S/C12H11N3O2S2/c13-12(18)9-3-1-5-11(7-9)19(16,17)15-10-4-2-6-14-8-10/h1-8,15H,(H2,13,18). The molecule has 0 unspecified atom stereocenters. The average molecular weight is 293 g/mol. The number of nitrogens with zero attached hydrogens (tertiary/aromatic N) is 1. The van der Waals surface area contributed by atoms with Gasteiger partial charge in [0.2, 0.25) is 0 Å². The maximum Gasteiger partial charge on any atom is 0.261 e. The largest absolute Gasteiger partial charge is 0.389 e. The third kappa shape index (κ3) is 3.27. The number of benzene rings is 1. The maximum absolute atomic E-state index is 12.2. The Morgan fingerprint density at radius 3 is 2.68 bits per heavy atom. The normalized spacial score (nSPS) is 10.9. The molecule has 1 aromatic heterocycles. The second-order valence-electron chi connectivity index (χ2n) is 3.74. The van der Waals surface area contributed by atoms with Crippen molar-refractivity contribution in [2.75, 3.05) is 4.72 Å². The number of aromatic nitrogens is 1. The molecule has 0 fully saturated rings. The van der Waals surface area contributed by atoms with Crippen LogP contribution in [0.1, 0.15) is 5.56 Å². The molecule has 7 heteroatoms. The number of rotatable bonds is 4. The van der Waals surface area contributed by atoms with Gasteiger partial charge < -0.3 is 5.73 Å². The van der Waals surface area contributed by atoms with Crippen LogP contribution in [-0.2, 0) is 10.0 Å². The summed E-state index contributed by atoms with van der Waals surface area (Å²) in [6.45, 7) is 0. The molecule has 1 heterocycles. The first kappa shape index (κ1) is 13.4. The van der Waals surface area contributed by atoms with Gasteiger partial charge in [-0.1, -0.05) is 24.4 Å². The van der Waals surface area contributed by atoms with E-state index in [0.29, 0.717) is 11.3 Å². The highest BCUT2D eigenvalue weighted by Crippen LogP contribution is 2.16. The monoisotopic (exact) mass is 293 g/mol. The summed E-state index contributed by atoms with van der Waals surface area (Å²) in [5.41, 5.74) is 6.38. The molecule has 5 nitrogen and oxygen atoms in total. The van der Waals surface area contributed by atoms with Gasteiger partial charge in [-0.3, -0.25) is 9.71 Å². The molecule has 0 bridgehead atoms. The first-order chi connectivity index (χ1) is 8.99. The first-order valence-corrected chi connectivity index (χ1v) is 7.21. The molecule has 0 aliphatic heterocycles. The van der Waals surface area contributed by atoms with Gasteiger partial charge in [0.05, 0.1) is 16.8 Å². The number of pyridine rings is 1. The van der Waals surface area contributed by atoms with E-state index < -0.39 is 10.0 Å². The van der Waals surface area contributed by atoms with Gasteiger partial charge in [-0.25, -0.2) is 8.42 Å².